The summed E-state index contributed by atoms with van der Waals surface area (Å²) in [5.74, 6) is 0. The molecular formula is C14H22N2O2S. The third-order valence-electron chi connectivity index (χ3n) is 3.67. The number of hydrogen-bond acceptors (Lipinski definition) is 4. The van der Waals surface area contributed by atoms with Crippen molar-refractivity contribution in [3.63, 3.8) is 0 Å². The lowest BCUT2D eigenvalue weighted by Gasteiger charge is -2.34. The first kappa shape index (κ1) is 14.5. The van der Waals surface area contributed by atoms with Crippen molar-refractivity contribution >= 4 is 9.84 Å². The summed E-state index contributed by atoms with van der Waals surface area (Å²) >= 11 is 0. The summed E-state index contributed by atoms with van der Waals surface area (Å²) in [6.07, 6.45) is 2.29. The van der Waals surface area contributed by atoms with Gasteiger partial charge in [0.05, 0.1) is 4.90 Å². The normalized spacial score (nSPS) is 19.3. The van der Waals surface area contributed by atoms with Crippen LogP contribution >= 0.6 is 0 Å². The molecule has 1 saturated heterocycles. The third kappa shape index (κ3) is 3.55. The minimum atomic E-state index is -3.10. The number of sulfone groups is 1. The maximum atomic E-state index is 11.5. The Morgan fingerprint density at radius 3 is 2.26 bits per heavy atom. The van der Waals surface area contributed by atoms with E-state index in [1.807, 2.05) is 12.1 Å². The molecule has 0 aromatic heterocycles. The number of nitrogens with zero attached hydrogens (tertiary/aromatic N) is 1. The molecular weight excluding hydrogens is 260 g/mol. The Bertz CT molecular complexity index is 505. The van der Waals surface area contributed by atoms with Gasteiger partial charge in [-0.25, -0.2) is 8.42 Å². The lowest BCUT2D eigenvalue weighted by Crippen LogP contribution is -2.45. The van der Waals surface area contributed by atoms with Gasteiger partial charge in [0.15, 0.2) is 9.84 Å². The van der Waals surface area contributed by atoms with Crippen molar-refractivity contribution in [2.45, 2.75) is 24.3 Å². The fourth-order valence-corrected chi connectivity index (χ4v) is 3.27. The second-order valence-electron chi connectivity index (χ2n) is 5.05. The molecule has 2 rings (SSSR count). The van der Waals surface area contributed by atoms with E-state index in [0.29, 0.717) is 10.9 Å². The van der Waals surface area contributed by atoms with Gasteiger partial charge in [-0.05, 0) is 24.1 Å². The van der Waals surface area contributed by atoms with Crippen LogP contribution < -0.4 is 5.32 Å². The predicted molar refractivity (Wildman–Crippen MR) is 77.0 cm³/mol. The van der Waals surface area contributed by atoms with Gasteiger partial charge >= 0.3 is 0 Å². The van der Waals surface area contributed by atoms with Gasteiger partial charge in [0.25, 0.3) is 0 Å². The van der Waals surface area contributed by atoms with Crippen LogP contribution in [0.5, 0.6) is 0 Å². The summed E-state index contributed by atoms with van der Waals surface area (Å²) in [5.41, 5.74) is 1.21. The molecule has 5 heteroatoms. The van der Waals surface area contributed by atoms with Gasteiger partial charge in [-0.15, -0.1) is 0 Å². The summed E-state index contributed by atoms with van der Waals surface area (Å²) in [6, 6.07) is 7.72. The smallest absolute Gasteiger partial charge is 0.175 e. The maximum absolute atomic E-state index is 11.5. The number of hydrogen-bond donors (Lipinski definition) is 1. The molecule has 106 valence electrons. The lowest BCUT2D eigenvalue weighted by molar-refractivity contribution is 0.169. The minimum absolute atomic E-state index is 0.385. The van der Waals surface area contributed by atoms with E-state index in [-0.39, 0.29) is 0 Å². The monoisotopic (exact) mass is 282 g/mol. The van der Waals surface area contributed by atoms with Gasteiger partial charge in [0.1, 0.15) is 0 Å². The Morgan fingerprint density at radius 1 is 1.21 bits per heavy atom. The average Bonchev–Trinajstić information content (AvgIpc) is 2.40. The van der Waals surface area contributed by atoms with E-state index in [4.69, 9.17) is 0 Å². The van der Waals surface area contributed by atoms with Crippen molar-refractivity contribution < 1.29 is 8.42 Å². The Labute approximate surface area is 115 Å². The molecule has 1 N–H and O–H groups in total. The Balaban J connectivity index is 2.19. The highest BCUT2D eigenvalue weighted by molar-refractivity contribution is 7.90. The molecule has 1 heterocycles. The van der Waals surface area contributed by atoms with E-state index >= 15 is 0 Å². The summed E-state index contributed by atoms with van der Waals surface area (Å²) < 4.78 is 22.9. The van der Waals surface area contributed by atoms with Crippen molar-refractivity contribution in [1.29, 1.82) is 0 Å². The molecule has 1 aliphatic heterocycles. The van der Waals surface area contributed by atoms with Gasteiger partial charge in [-0.1, -0.05) is 19.1 Å². The third-order valence-corrected chi connectivity index (χ3v) is 4.80. The van der Waals surface area contributed by atoms with Crippen LogP contribution in [0.2, 0.25) is 0 Å². The van der Waals surface area contributed by atoms with E-state index in [1.54, 1.807) is 12.1 Å². The number of rotatable bonds is 4. The van der Waals surface area contributed by atoms with Crippen molar-refractivity contribution in [3.8, 4) is 0 Å². The molecule has 0 spiro atoms. The van der Waals surface area contributed by atoms with Crippen LogP contribution in [0.1, 0.15) is 24.9 Å². The topological polar surface area (TPSA) is 49.4 Å². The Morgan fingerprint density at radius 2 is 1.79 bits per heavy atom. The SMILES string of the molecule is CC[C@@H](c1ccc(S(C)(=O)=O)cc1)N1CCNCC1. The highest BCUT2D eigenvalue weighted by atomic mass is 32.2. The summed E-state index contributed by atoms with van der Waals surface area (Å²) in [6.45, 7) is 6.33. The molecule has 0 bridgehead atoms. The molecule has 0 aliphatic carbocycles. The molecule has 0 amide bonds. The number of nitrogens with one attached hydrogen (secondary N) is 1. The maximum Gasteiger partial charge on any atom is 0.175 e. The lowest BCUT2D eigenvalue weighted by atomic mass is 10.0. The quantitative estimate of drug-likeness (QED) is 0.908. The first-order chi connectivity index (χ1) is 9.02. The van der Waals surface area contributed by atoms with Crippen LogP contribution in [0.3, 0.4) is 0 Å². The molecule has 0 radical (unpaired) electrons. The average molecular weight is 282 g/mol. The Hall–Kier alpha value is -0.910. The zero-order valence-corrected chi connectivity index (χ0v) is 12.4. The van der Waals surface area contributed by atoms with Crippen LogP contribution in [0.4, 0.5) is 0 Å². The molecule has 1 aromatic carbocycles. The first-order valence-corrected chi connectivity index (χ1v) is 8.66. The number of benzene rings is 1. The molecule has 0 unspecified atom stereocenters. The van der Waals surface area contributed by atoms with Crippen LogP contribution in [0.25, 0.3) is 0 Å². The van der Waals surface area contributed by atoms with Crippen molar-refractivity contribution in [2.24, 2.45) is 0 Å². The molecule has 4 nitrogen and oxygen atoms in total. The molecule has 1 atom stereocenters. The minimum Gasteiger partial charge on any atom is -0.314 e. The fraction of sp³-hybridized carbons (Fsp3) is 0.571. The van der Waals surface area contributed by atoms with Gasteiger partial charge < -0.3 is 5.32 Å². The largest absolute Gasteiger partial charge is 0.314 e. The first-order valence-electron chi connectivity index (χ1n) is 6.77. The molecule has 1 aromatic rings. The van der Waals surface area contributed by atoms with E-state index in [9.17, 15) is 8.42 Å². The second kappa shape index (κ2) is 6.03. The van der Waals surface area contributed by atoms with Crippen LogP contribution in [0.15, 0.2) is 29.2 Å². The van der Waals surface area contributed by atoms with Gasteiger partial charge in [-0.3, -0.25) is 4.90 Å². The van der Waals surface area contributed by atoms with E-state index in [0.717, 1.165) is 32.6 Å². The molecule has 19 heavy (non-hydrogen) atoms. The van der Waals surface area contributed by atoms with Gasteiger partial charge in [-0.2, -0.15) is 0 Å². The highest BCUT2D eigenvalue weighted by Crippen LogP contribution is 2.25. The van der Waals surface area contributed by atoms with Crippen LogP contribution in [0, 0.1) is 0 Å². The van der Waals surface area contributed by atoms with Gasteiger partial charge in [0.2, 0.25) is 0 Å². The Kier molecular flexibility index (Phi) is 4.60. The molecule has 0 saturated carbocycles. The van der Waals surface area contributed by atoms with E-state index < -0.39 is 9.84 Å². The zero-order chi connectivity index (χ0) is 13.9. The molecule has 1 aliphatic rings. The summed E-state index contributed by atoms with van der Waals surface area (Å²) in [4.78, 5) is 2.86. The summed E-state index contributed by atoms with van der Waals surface area (Å²) in [7, 11) is -3.10. The van der Waals surface area contributed by atoms with Crippen molar-refractivity contribution in [2.75, 3.05) is 32.4 Å². The second-order valence-corrected chi connectivity index (χ2v) is 7.07. The van der Waals surface area contributed by atoms with E-state index in [2.05, 4.69) is 17.1 Å². The zero-order valence-electron chi connectivity index (χ0n) is 11.6. The van der Waals surface area contributed by atoms with Crippen molar-refractivity contribution in [3.05, 3.63) is 29.8 Å². The number of piperazine rings is 1. The summed E-state index contributed by atoms with van der Waals surface area (Å²) in [5, 5.41) is 3.35. The fourth-order valence-electron chi connectivity index (χ4n) is 2.64. The van der Waals surface area contributed by atoms with Gasteiger partial charge in [0, 0.05) is 38.5 Å². The van der Waals surface area contributed by atoms with Crippen molar-refractivity contribution in [1.82, 2.24) is 10.2 Å². The predicted octanol–water partition coefficient (Wildman–Crippen LogP) is 1.45. The highest BCUT2D eigenvalue weighted by Gasteiger charge is 2.20. The van der Waals surface area contributed by atoms with Crippen LogP contribution in [-0.2, 0) is 9.84 Å². The standard InChI is InChI=1S/C14H22N2O2S/c1-3-14(16-10-8-15-9-11-16)12-4-6-13(7-5-12)19(2,17)18/h4-7,14-15H,3,8-11H2,1-2H3/t14-/m0/s1. The van der Waals surface area contributed by atoms with E-state index in [1.165, 1.54) is 11.8 Å². The van der Waals surface area contributed by atoms with Crippen LogP contribution in [-0.4, -0.2) is 45.8 Å². The molecule has 1 fully saturated rings.